The second kappa shape index (κ2) is 6.84. The Kier molecular flexibility index (Phi) is 4.80. The fourth-order valence-corrected chi connectivity index (χ4v) is 3.46. The van der Waals surface area contributed by atoms with Gasteiger partial charge in [0, 0.05) is 10.0 Å². The van der Waals surface area contributed by atoms with Crippen LogP contribution < -0.4 is 0 Å². The van der Waals surface area contributed by atoms with E-state index in [0.29, 0.717) is 22.9 Å². The number of likely N-dealkylation sites (tertiary alicyclic amines) is 1. The van der Waals surface area contributed by atoms with Crippen LogP contribution in [0.4, 0.5) is 4.39 Å². The van der Waals surface area contributed by atoms with E-state index in [-0.39, 0.29) is 36.8 Å². The molecular weight excluding hydrogens is 381 g/mol. The molecule has 7 heteroatoms. The first-order valence-corrected chi connectivity index (χ1v) is 8.36. The molecule has 0 aromatic heterocycles. The molecule has 2 aliphatic rings. The molecule has 5 nitrogen and oxygen atoms in total. The number of hydrogen-bond donors (Lipinski definition) is 0. The van der Waals surface area contributed by atoms with Gasteiger partial charge in [0.2, 0.25) is 11.8 Å². The zero-order valence-electron chi connectivity index (χ0n) is 12.7. The molecule has 1 aromatic carbocycles. The monoisotopic (exact) mass is 395 g/mol. The maximum Gasteiger partial charge on any atom is 0.326 e. The number of hydrogen-bond acceptors (Lipinski definition) is 4. The molecule has 0 spiro atoms. The lowest BCUT2D eigenvalue weighted by Crippen LogP contribution is -2.36. The third-order valence-electron chi connectivity index (χ3n) is 4.29. The number of amides is 2. The minimum atomic E-state index is -0.667. The van der Waals surface area contributed by atoms with Gasteiger partial charge < -0.3 is 4.74 Å². The lowest BCUT2D eigenvalue weighted by molar-refractivity contribution is -0.153. The van der Waals surface area contributed by atoms with E-state index in [4.69, 9.17) is 4.74 Å². The van der Waals surface area contributed by atoms with E-state index < -0.39 is 11.8 Å². The summed E-state index contributed by atoms with van der Waals surface area (Å²) >= 11 is 3.19. The molecule has 3 rings (SSSR count). The van der Waals surface area contributed by atoms with Crippen molar-refractivity contribution >= 4 is 33.7 Å². The van der Waals surface area contributed by atoms with Crippen molar-refractivity contribution in [2.24, 2.45) is 11.8 Å². The van der Waals surface area contributed by atoms with E-state index in [1.54, 1.807) is 0 Å². The molecule has 0 N–H and O–H groups in total. The molecule has 0 radical (unpaired) electrons. The second-order valence-electron chi connectivity index (χ2n) is 5.81. The number of allylic oxidation sites excluding steroid dienone is 2. The van der Waals surface area contributed by atoms with E-state index in [1.807, 2.05) is 12.2 Å². The van der Waals surface area contributed by atoms with Gasteiger partial charge >= 0.3 is 5.97 Å². The van der Waals surface area contributed by atoms with Crippen molar-refractivity contribution in [3.8, 4) is 0 Å². The zero-order valence-corrected chi connectivity index (χ0v) is 14.3. The summed E-state index contributed by atoms with van der Waals surface area (Å²) < 4.78 is 18.6. The summed E-state index contributed by atoms with van der Waals surface area (Å²) in [5.41, 5.74) is 0.599. The van der Waals surface area contributed by atoms with Gasteiger partial charge in [-0.3, -0.25) is 19.3 Å². The summed E-state index contributed by atoms with van der Waals surface area (Å²) in [4.78, 5) is 37.5. The largest absolute Gasteiger partial charge is 0.459 e. The summed E-state index contributed by atoms with van der Waals surface area (Å²) in [6, 6.07) is 4.03. The number of rotatable bonds is 4. The number of carbonyl (C=O) groups is 3. The normalized spacial score (nSPS) is 22.7. The number of ether oxygens (including phenoxy) is 1. The molecule has 2 unspecified atom stereocenters. The Hall–Kier alpha value is -2.02. The van der Waals surface area contributed by atoms with E-state index in [1.165, 1.54) is 18.2 Å². The first kappa shape index (κ1) is 16.8. The number of fused-ring (bicyclic) bond motifs is 1. The molecule has 1 aromatic rings. The highest BCUT2D eigenvalue weighted by Crippen LogP contribution is 2.34. The number of carbonyl (C=O) groups excluding carboxylic acids is 3. The minimum Gasteiger partial charge on any atom is -0.459 e. The molecule has 1 saturated heterocycles. The summed E-state index contributed by atoms with van der Waals surface area (Å²) in [6.45, 7) is -0.451. The SMILES string of the molecule is O=C(CN1C(=O)C2CC=CCC2C1=O)OCc1ccc(F)cc1Br. The third-order valence-corrected chi connectivity index (χ3v) is 5.03. The molecule has 1 aliphatic carbocycles. The maximum absolute atomic E-state index is 13.0. The minimum absolute atomic E-state index is 0.0651. The summed E-state index contributed by atoms with van der Waals surface area (Å²) in [5.74, 6) is -2.41. The Bertz CT molecular complexity index is 707. The lowest BCUT2D eigenvalue weighted by atomic mass is 9.85. The summed E-state index contributed by atoms with van der Waals surface area (Å²) in [6.07, 6.45) is 4.84. The molecule has 1 heterocycles. The number of halogens is 2. The number of nitrogens with zero attached hydrogens (tertiary/aromatic N) is 1. The van der Waals surface area contributed by atoms with Crippen LogP contribution >= 0.6 is 15.9 Å². The van der Waals surface area contributed by atoms with E-state index in [9.17, 15) is 18.8 Å². The quantitative estimate of drug-likeness (QED) is 0.446. The predicted octanol–water partition coefficient (Wildman–Crippen LogP) is 2.58. The van der Waals surface area contributed by atoms with Crippen LogP contribution in [-0.2, 0) is 25.7 Å². The first-order chi connectivity index (χ1) is 11.5. The second-order valence-corrected chi connectivity index (χ2v) is 6.67. The van der Waals surface area contributed by atoms with Crippen LogP contribution in [0.2, 0.25) is 0 Å². The Morgan fingerprint density at radius 3 is 2.42 bits per heavy atom. The molecule has 126 valence electrons. The number of esters is 1. The molecule has 1 aliphatic heterocycles. The van der Waals surface area contributed by atoms with Gasteiger partial charge in [0.25, 0.3) is 0 Å². The van der Waals surface area contributed by atoms with Crippen molar-refractivity contribution < 1.29 is 23.5 Å². The van der Waals surface area contributed by atoms with Crippen LogP contribution in [0.3, 0.4) is 0 Å². The smallest absolute Gasteiger partial charge is 0.326 e. The number of benzene rings is 1. The lowest BCUT2D eigenvalue weighted by Gasteiger charge is -2.14. The van der Waals surface area contributed by atoms with Crippen molar-refractivity contribution in [3.05, 3.63) is 46.2 Å². The standard InChI is InChI=1S/C17H15BrFNO4/c18-14-7-11(19)6-5-10(14)9-24-15(21)8-20-16(22)12-3-1-2-4-13(12)17(20)23/h1-2,5-7,12-13H,3-4,8-9H2. The van der Waals surface area contributed by atoms with Crippen molar-refractivity contribution in [2.45, 2.75) is 19.4 Å². The average Bonchev–Trinajstić information content (AvgIpc) is 2.79. The van der Waals surface area contributed by atoms with E-state index in [0.717, 1.165) is 4.90 Å². The summed E-state index contributed by atoms with van der Waals surface area (Å²) in [7, 11) is 0. The predicted molar refractivity (Wildman–Crippen MR) is 86.0 cm³/mol. The van der Waals surface area contributed by atoms with Crippen LogP contribution in [-0.4, -0.2) is 29.2 Å². The topological polar surface area (TPSA) is 63.7 Å². The highest BCUT2D eigenvalue weighted by atomic mass is 79.9. The first-order valence-electron chi connectivity index (χ1n) is 7.57. The molecule has 0 saturated carbocycles. The van der Waals surface area contributed by atoms with Gasteiger partial charge in [-0.15, -0.1) is 0 Å². The van der Waals surface area contributed by atoms with Crippen LogP contribution in [0.25, 0.3) is 0 Å². The fourth-order valence-electron chi connectivity index (χ4n) is 3.00. The zero-order chi connectivity index (χ0) is 17.3. The van der Waals surface area contributed by atoms with Gasteiger partial charge in [0.1, 0.15) is 19.0 Å². The summed E-state index contributed by atoms with van der Waals surface area (Å²) in [5, 5.41) is 0. The van der Waals surface area contributed by atoms with E-state index >= 15 is 0 Å². The maximum atomic E-state index is 13.0. The van der Waals surface area contributed by atoms with Gasteiger partial charge in [-0.1, -0.05) is 34.1 Å². The Labute approximate surface area is 146 Å². The Morgan fingerprint density at radius 2 is 1.83 bits per heavy atom. The van der Waals surface area contributed by atoms with Crippen LogP contribution in [0.15, 0.2) is 34.8 Å². The Morgan fingerprint density at radius 1 is 1.21 bits per heavy atom. The molecular formula is C17H15BrFNO4. The molecule has 0 bridgehead atoms. The highest BCUT2D eigenvalue weighted by Gasteiger charge is 2.47. The molecule has 2 amide bonds. The highest BCUT2D eigenvalue weighted by molar-refractivity contribution is 9.10. The van der Waals surface area contributed by atoms with Crippen LogP contribution in [0.1, 0.15) is 18.4 Å². The third kappa shape index (κ3) is 3.26. The Balaban J connectivity index is 1.59. The van der Waals surface area contributed by atoms with Crippen molar-refractivity contribution in [3.63, 3.8) is 0 Å². The number of imide groups is 1. The van der Waals surface area contributed by atoms with Gasteiger partial charge in [0.05, 0.1) is 11.8 Å². The molecule has 1 fully saturated rings. The van der Waals surface area contributed by atoms with Gasteiger partial charge in [0.15, 0.2) is 0 Å². The van der Waals surface area contributed by atoms with Gasteiger partial charge in [-0.25, -0.2) is 4.39 Å². The molecule has 2 atom stereocenters. The molecule has 24 heavy (non-hydrogen) atoms. The van der Waals surface area contributed by atoms with Gasteiger partial charge in [-0.2, -0.15) is 0 Å². The van der Waals surface area contributed by atoms with Crippen LogP contribution in [0.5, 0.6) is 0 Å². The van der Waals surface area contributed by atoms with Crippen LogP contribution in [0, 0.1) is 17.7 Å². The van der Waals surface area contributed by atoms with Crippen molar-refractivity contribution in [2.75, 3.05) is 6.54 Å². The van der Waals surface area contributed by atoms with Crippen molar-refractivity contribution in [1.82, 2.24) is 4.90 Å². The average molecular weight is 396 g/mol. The van der Waals surface area contributed by atoms with E-state index in [2.05, 4.69) is 15.9 Å². The fraction of sp³-hybridized carbons (Fsp3) is 0.353. The van der Waals surface area contributed by atoms with Gasteiger partial charge in [-0.05, 0) is 25.0 Å². The van der Waals surface area contributed by atoms with Crippen molar-refractivity contribution in [1.29, 1.82) is 0 Å².